The van der Waals surface area contributed by atoms with E-state index < -0.39 is 15.6 Å². The quantitative estimate of drug-likeness (QED) is 0.387. The molecule has 3 rings (SSSR count). The predicted octanol–water partition coefficient (Wildman–Crippen LogP) is 5.42. The number of nitrogens with zero attached hydrogens (tertiary/aromatic N) is 1. The molecule has 0 saturated carbocycles. The third-order valence-electron chi connectivity index (χ3n) is 6.67. The van der Waals surface area contributed by atoms with Gasteiger partial charge in [-0.05, 0) is 102 Å². The maximum absolute atomic E-state index is 13.4. The molecule has 36 heavy (non-hydrogen) atoms. The van der Waals surface area contributed by atoms with Gasteiger partial charge in [-0.25, -0.2) is 13.1 Å². The van der Waals surface area contributed by atoms with Crippen molar-refractivity contribution in [3.8, 4) is 0 Å². The first-order valence-electron chi connectivity index (χ1n) is 12.3. The summed E-state index contributed by atoms with van der Waals surface area (Å²) in [6, 6.07) is 10.9. The lowest BCUT2D eigenvalue weighted by Crippen LogP contribution is -2.44. The van der Waals surface area contributed by atoms with E-state index >= 15 is 0 Å². The number of sulfonamides is 1. The lowest BCUT2D eigenvalue weighted by molar-refractivity contribution is -0.0290. The third kappa shape index (κ3) is 7.67. The van der Waals surface area contributed by atoms with Crippen molar-refractivity contribution in [2.75, 3.05) is 33.8 Å². The van der Waals surface area contributed by atoms with Crippen molar-refractivity contribution >= 4 is 33.2 Å². The van der Waals surface area contributed by atoms with Gasteiger partial charge in [0.15, 0.2) is 0 Å². The Hall–Kier alpha value is -1.19. The maximum Gasteiger partial charge on any atom is 0.241 e. The fourth-order valence-corrected chi connectivity index (χ4v) is 6.65. The summed E-state index contributed by atoms with van der Waals surface area (Å²) in [6.07, 6.45) is 1.42. The second-order valence-corrected chi connectivity index (χ2v) is 13.5. The van der Waals surface area contributed by atoms with E-state index in [9.17, 15) is 8.42 Å². The Bertz CT molecular complexity index is 1170. The molecule has 6 nitrogen and oxygen atoms in total. The highest BCUT2D eigenvalue weighted by atomic mass is 35.5. The zero-order valence-corrected chi connectivity index (χ0v) is 24.4. The summed E-state index contributed by atoms with van der Waals surface area (Å²) in [5.41, 5.74) is 2.04. The van der Waals surface area contributed by atoms with Crippen LogP contribution in [-0.4, -0.2) is 58.2 Å². The second-order valence-electron chi connectivity index (χ2n) is 11.0. The number of hydrogen-bond acceptors (Lipinski definition) is 5. The Kier molecular flexibility index (Phi) is 9.53. The molecule has 1 unspecified atom stereocenters. The van der Waals surface area contributed by atoms with E-state index in [2.05, 4.69) is 14.9 Å². The van der Waals surface area contributed by atoms with Gasteiger partial charge in [-0.1, -0.05) is 35.3 Å². The zero-order valence-electron chi connectivity index (χ0n) is 22.1. The van der Waals surface area contributed by atoms with Crippen LogP contribution in [0, 0.1) is 0 Å². The average Bonchev–Trinajstić information content (AvgIpc) is 2.77. The van der Waals surface area contributed by atoms with Gasteiger partial charge >= 0.3 is 0 Å². The van der Waals surface area contributed by atoms with Crippen molar-refractivity contribution in [3.05, 3.63) is 63.1 Å². The van der Waals surface area contributed by atoms with Crippen molar-refractivity contribution in [2.45, 2.75) is 69.0 Å². The molecule has 2 N–H and O–H groups in total. The summed E-state index contributed by atoms with van der Waals surface area (Å²) in [6.45, 7) is 10.7. The van der Waals surface area contributed by atoms with E-state index in [1.807, 2.05) is 53.9 Å². The Morgan fingerprint density at radius 1 is 1.11 bits per heavy atom. The van der Waals surface area contributed by atoms with Gasteiger partial charge in [-0.15, -0.1) is 0 Å². The largest absolute Gasteiger partial charge is 0.375 e. The number of nitrogens with one attached hydrogen (secondary N) is 2. The zero-order chi connectivity index (χ0) is 26.7. The van der Waals surface area contributed by atoms with E-state index in [0.717, 1.165) is 42.7 Å². The van der Waals surface area contributed by atoms with Crippen molar-refractivity contribution in [2.24, 2.45) is 0 Å². The average molecular weight is 557 g/mol. The summed E-state index contributed by atoms with van der Waals surface area (Å²) in [7, 11) is 0.203. The number of benzene rings is 2. The molecule has 0 saturated heterocycles. The first-order valence-corrected chi connectivity index (χ1v) is 14.6. The molecule has 200 valence electrons. The molecule has 0 aliphatic carbocycles. The summed E-state index contributed by atoms with van der Waals surface area (Å²) >= 11 is 12.8. The first kappa shape index (κ1) is 29.4. The minimum absolute atomic E-state index is 0.0358. The van der Waals surface area contributed by atoms with Crippen LogP contribution in [0.25, 0.3) is 0 Å². The maximum atomic E-state index is 13.4. The summed E-state index contributed by atoms with van der Waals surface area (Å²) < 4.78 is 35.7. The van der Waals surface area contributed by atoms with Crippen LogP contribution in [0.1, 0.15) is 63.1 Å². The molecule has 2 aromatic rings. The molecule has 0 spiro atoms. The van der Waals surface area contributed by atoms with Crippen molar-refractivity contribution in [3.63, 3.8) is 0 Å². The Labute approximate surface area is 226 Å². The third-order valence-corrected chi connectivity index (χ3v) is 8.92. The highest BCUT2D eigenvalue weighted by molar-refractivity contribution is 7.89. The van der Waals surface area contributed by atoms with E-state index in [4.69, 9.17) is 27.9 Å². The molecular formula is C27H39Cl2N3O3S. The van der Waals surface area contributed by atoms with Crippen LogP contribution in [0.5, 0.6) is 0 Å². The molecule has 1 aliphatic rings. The molecule has 1 aliphatic heterocycles. The number of ether oxygens (including phenoxy) is 1. The highest BCUT2D eigenvalue weighted by Crippen LogP contribution is 2.38. The molecule has 0 bridgehead atoms. The number of halogens is 2. The van der Waals surface area contributed by atoms with Crippen molar-refractivity contribution in [1.29, 1.82) is 0 Å². The summed E-state index contributed by atoms with van der Waals surface area (Å²) in [5.74, 6) is -0.0358. The Morgan fingerprint density at radius 3 is 2.53 bits per heavy atom. The van der Waals surface area contributed by atoms with Gasteiger partial charge in [0.2, 0.25) is 10.0 Å². The van der Waals surface area contributed by atoms with Gasteiger partial charge in [-0.2, -0.15) is 0 Å². The van der Waals surface area contributed by atoms with Crippen LogP contribution in [0.3, 0.4) is 0 Å². The molecule has 0 fully saturated rings. The standard InChI is InChI=1S/C27H39Cl2N3O3S/c1-26(2,11-13-35-27(3,4)10-12-30-5)31-36(33,34)21-9-7-8-19(14-21)23-17-32(6)18-24-22(23)15-20(28)16-25(24)29/h7-9,14-16,23,30-31H,10-13,17-18H2,1-6H3. The van der Waals surface area contributed by atoms with E-state index in [0.29, 0.717) is 23.1 Å². The van der Waals surface area contributed by atoms with Gasteiger partial charge in [-0.3, -0.25) is 0 Å². The number of hydrogen-bond donors (Lipinski definition) is 2. The van der Waals surface area contributed by atoms with Crippen LogP contribution >= 0.6 is 23.2 Å². The fourth-order valence-electron chi connectivity index (χ4n) is 4.58. The van der Waals surface area contributed by atoms with E-state index in [1.165, 1.54) is 0 Å². The van der Waals surface area contributed by atoms with Gasteiger partial charge in [0.25, 0.3) is 0 Å². The van der Waals surface area contributed by atoms with Crippen molar-refractivity contribution in [1.82, 2.24) is 14.9 Å². The van der Waals surface area contributed by atoms with Crippen LogP contribution < -0.4 is 10.0 Å². The monoisotopic (exact) mass is 555 g/mol. The predicted molar refractivity (Wildman–Crippen MR) is 149 cm³/mol. The topological polar surface area (TPSA) is 70.7 Å². The van der Waals surface area contributed by atoms with Crippen molar-refractivity contribution < 1.29 is 13.2 Å². The smallest absolute Gasteiger partial charge is 0.241 e. The number of likely N-dealkylation sites (N-methyl/N-ethyl adjacent to an activating group) is 1. The van der Waals surface area contributed by atoms with Crippen LogP contribution in [-0.2, 0) is 21.3 Å². The fraction of sp³-hybridized carbons (Fsp3) is 0.556. The van der Waals surface area contributed by atoms with Gasteiger partial charge in [0.1, 0.15) is 0 Å². The van der Waals surface area contributed by atoms with Gasteiger partial charge in [0.05, 0.1) is 10.5 Å². The molecule has 0 radical (unpaired) electrons. The number of fused-ring (bicyclic) bond motifs is 1. The molecule has 1 heterocycles. The molecule has 0 aromatic heterocycles. The summed E-state index contributed by atoms with van der Waals surface area (Å²) in [5, 5.41) is 4.35. The van der Waals surface area contributed by atoms with Crippen LogP contribution in [0.2, 0.25) is 10.0 Å². The lowest BCUT2D eigenvalue weighted by atomic mass is 9.85. The highest BCUT2D eigenvalue weighted by Gasteiger charge is 2.30. The van der Waals surface area contributed by atoms with E-state index in [1.54, 1.807) is 24.3 Å². The lowest BCUT2D eigenvalue weighted by Gasteiger charge is -2.33. The number of rotatable bonds is 11. The minimum atomic E-state index is -3.75. The van der Waals surface area contributed by atoms with Gasteiger partial charge in [0, 0.05) is 41.2 Å². The summed E-state index contributed by atoms with van der Waals surface area (Å²) in [4.78, 5) is 2.43. The van der Waals surface area contributed by atoms with Crippen LogP contribution in [0.4, 0.5) is 0 Å². The second kappa shape index (κ2) is 11.7. The first-order chi connectivity index (χ1) is 16.7. The molecular weight excluding hydrogens is 517 g/mol. The Balaban J connectivity index is 1.78. The SMILES string of the molecule is CNCCC(C)(C)OCCC(C)(C)NS(=O)(=O)c1cccc(C2CN(C)Cc3c(Cl)cc(Cl)cc32)c1. The normalized spacial score (nSPS) is 17.3. The molecule has 0 amide bonds. The Morgan fingerprint density at radius 2 is 1.83 bits per heavy atom. The molecule has 9 heteroatoms. The minimum Gasteiger partial charge on any atom is -0.375 e. The van der Waals surface area contributed by atoms with Gasteiger partial charge < -0.3 is 15.0 Å². The molecule has 2 aromatic carbocycles. The molecule has 1 atom stereocenters. The van der Waals surface area contributed by atoms with Crippen LogP contribution in [0.15, 0.2) is 41.3 Å². The van der Waals surface area contributed by atoms with E-state index in [-0.39, 0.29) is 16.4 Å².